The van der Waals surface area contributed by atoms with Crippen molar-refractivity contribution in [1.29, 1.82) is 0 Å². The number of hydrogen-bond acceptors (Lipinski definition) is 11. The van der Waals surface area contributed by atoms with Crippen LogP contribution in [0.1, 0.15) is 46.1 Å². The van der Waals surface area contributed by atoms with Crippen LogP contribution in [0.25, 0.3) is 31.1 Å². The van der Waals surface area contributed by atoms with Crippen LogP contribution in [0.15, 0.2) is 71.7 Å². The molecule has 1 unspecified atom stereocenters. The summed E-state index contributed by atoms with van der Waals surface area (Å²) in [6.45, 7) is 15.3. The predicted molar refractivity (Wildman–Crippen MR) is 220 cm³/mol. The molecule has 0 aliphatic heterocycles. The number of anilines is 2. The van der Waals surface area contributed by atoms with E-state index >= 15 is 0 Å². The maximum absolute atomic E-state index is 13.1. The first-order valence-electron chi connectivity index (χ1n) is 17.7. The van der Waals surface area contributed by atoms with Crippen LogP contribution in [0.3, 0.4) is 0 Å². The number of nitrogens with one attached hydrogen (secondary N) is 2. The van der Waals surface area contributed by atoms with E-state index < -0.39 is 10.4 Å². The highest BCUT2D eigenvalue weighted by Crippen LogP contribution is 2.32. The molecule has 290 valence electrons. The van der Waals surface area contributed by atoms with E-state index in [4.69, 9.17) is 34.2 Å². The number of rotatable bonds is 16. The van der Waals surface area contributed by atoms with Crippen LogP contribution in [0.2, 0.25) is 5.02 Å². The topological polar surface area (TPSA) is 176 Å². The number of aromatic nitrogens is 1. The molecule has 0 saturated heterocycles. The van der Waals surface area contributed by atoms with Gasteiger partial charge in [0.1, 0.15) is 0 Å². The second-order valence-corrected chi connectivity index (χ2v) is 14.7. The molecular formula is C38H52ClN5O7S2. The summed E-state index contributed by atoms with van der Waals surface area (Å²) in [4.78, 5) is 22.0. The summed E-state index contributed by atoms with van der Waals surface area (Å²) < 4.78 is 33.4. The van der Waals surface area contributed by atoms with Crippen molar-refractivity contribution < 1.29 is 27.7 Å². The largest absolute Gasteiger partial charge is 0.395 e. The Labute approximate surface area is 321 Å². The van der Waals surface area contributed by atoms with Gasteiger partial charge in [0.2, 0.25) is 0 Å². The molecule has 12 nitrogen and oxygen atoms in total. The Bertz CT molecular complexity index is 2050. The molecule has 0 radical (unpaired) electrons. The molecule has 1 atom stereocenters. The standard InChI is InChI=1S/C20H24N2O2S.C18H26ClN3O.H2O4S/c1-3-22(4-2)12-11-21-16-10-9-14(13-23)20-18(16)19(24)15-7-5-6-8-17(15)25-20;1-3-22(11-12-23)10-4-5-14(2)21-17-8-9-20-18-13-15(19)6-7-16(17)18;1-5(2,3)4/h5-10,21,23H,3-4,11-13H2,1-2H3;6-9,13-14,23H,3-5,10-12H2,1-2H3,(H,20,21);(H2,1,2,3,4). The van der Waals surface area contributed by atoms with Crippen molar-refractivity contribution in [3.05, 3.63) is 87.7 Å². The molecule has 0 fully saturated rings. The Morgan fingerprint density at radius 2 is 1.58 bits per heavy atom. The van der Waals surface area contributed by atoms with Gasteiger partial charge in [-0.25, -0.2) is 0 Å². The third-order valence-electron chi connectivity index (χ3n) is 8.70. The summed E-state index contributed by atoms with van der Waals surface area (Å²) in [6, 6.07) is 19.7. The fraction of sp³-hybridized carbons (Fsp3) is 0.421. The number of aliphatic hydroxyl groups excluding tert-OH is 2. The summed E-state index contributed by atoms with van der Waals surface area (Å²) in [7, 11) is -4.67. The van der Waals surface area contributed by atoms with Crippen LogP contribution in [0.5, 0.6) is 0 Å². The number of aliphatic hydroxyl groups is 2. The number of nitrogens with zero attached hydrogens (tertiary/aromatic N) is 3. The van der Waals surface area contributed by atoms with E-state index in [1.165, 1.54) is 0 Å². The van der Waals surface area contributed by atoms with Crippen molar-refractivity contribution in [2.75, 3.05) is 63.1 Å². The fourth-order valence-electron chi connectivity index (χ4n) is 5.89. The zero-order chi connectivity index (χ0) is 39.0. The van der Waals surface area contributed by atoms with Gasteiger partial charge in [0.05, 0.1) is 24.1 Å². The molecule has 0 aliphatic carbocycles. The van der Waals surface area contributed by atoms with Gasteiger partial charge in [-0.1, -0.05) is 50.6 Å². The Kier molecular flexibility index (Phi) is 18.3. The fourth-order valence-corrected chi connectivity index (χ4v) is 7.26. The minimum absolute atomic E-state index is 0.0324. The van der Waals surface area contributed by atoms with E-state index in [2.05, 4.69) is 53.1 Å². The van der Waals surface area contributed by atoms with Gasteiger partial charge >= 0.3 is 10.4 Å². The monoisotopic (exact) mass is 789 g/mol. The van der Waals surface area contributed by atoms with Crippen LogP contribution >= 0.6 is 22.9 Å². The SMILES string of the molecule is CCN(CC)CCNc1ccc(CO)c2sc3ccccc3c(=O)c12.CCN(CCO)CCCC(C)Nc1ccnc2cc(Cl)ccc12.O=S(=O)(O)O. The first-order chi connectivity index (χ1) is 25.3. The molecular weight excluding hydrogens is 738 g/mol. The van der Waals surface area contributed by atoms with Crippen molar-refractivity contribution in [1.82, 2.24) is 14.8 Å². The van der Waals surface area contributed by atoms with E-state index in [9.17, 15) is 9.90 Å². The number of likely N-dealkylation sites (N-methyl/N-ethyl adjacent to an activating group) is 2. The van der Waals surface area contributed by atoms with Gasteiger partial charge in [0.15, 0.2) is 5.43 Å². The minimum atomic E-state index is -4.67. The van der Waals surface area contributed by atoms with Crippen LogP contribution in [-0.4, -0.2) is 101 Å². The molecule has 5 aromatic rings. The Balaban J connectivity index is 0.000000254. The van der Waals surface area contributed by atoms with Crippen molar-refractivity contribution in [3.8, 4) is 0 Å². The molecule has 0 saturated carbocycles. The van der Waals surface area contributed by atoms with Gasteiger partial charge in [-0.05, 0) is 94.0 Å². The van der Waals surface area contributed by atoms with Crippen molar-refractivity contribution >= 4 is 75.8 Å². The summed E-state index contributed by atoms with van der Waals surface area (Å²) in [5.41, 5.74) is 3.70. The lowest BCUT2D eigenvalue weighted by Crippen LogP contribution is -2.28. The van der Waals surface area contributed by atoms with E-state index in [0.29, 0.717) is 16.5 Å². The lowest BCUT2D eigenvalue weighted by atomic mass is 10.1. The maximum atomic E-state index is 13.1. The highest BCUT2D eigenvalue weighted by atomic mass is 35.5. The third-order valence-corrected chi connectivity index (χ3v) is 10.2. The molecule has 53 heavy (non-hydrogen) atoms. The zero-order valence-corrected chi connectivity index (χ0v) is 33.1. The summed E-state index contributed by atoms with van der Waals surface area (Å²) in [6.07, 6.45) is 4.00. The lowest BCUT2D eigenvalue weighted by molar-refractivity contribution is 0.199. The van der Waals surface area contributed by atoms with E-state index in [1.54, 1.807) is 11.3 Å². The summed E-state index contributed by atoms with van der Waals surface area (Å²) in [5, 5.41) is 28.9. The van der Waals surface area contributed by atoms with E-state index in [1.807, 2.05) is 66.9 Å². The van der Waals surface area contributed by atoms with Gasteiger partial charge < -0.3 is 30.6 Å². The number of pyridine rings is 1. The smallest absolute Gasteiger partial charge is 0.394 e. The minimum Gasteiger partial charge on any atom is -0.395 e. The van der Waals surface area contributed by atoms with Crippen LogP contribution in [-0.2, 0) is 17.0 Å². The Hall–Kier alpha value is -3.44. The van der Waals surface area contributed by atoms with Crippen LogP contribution < -0.4 is 16.1 Å². The Morgan fingerprint density at radius 3 is 2.25 bits per heavy atom. The molecule has 2 aromatic heterocycles. The summed E-state index contributed by atoms with van der Waals surface area (Å²) >= 11 is 7.60. The van der Waals surface area contributed by atoms with E-state index in [-0.39, 0.29) is 18.6 Å². The van der Waals surface area contributed by atoms with E-state index in [0.717, 1.165) is 101 Å². The average Bonchev–Trinajstić information content (AvgIpc) is 3.12. The van der Waals surface area contributed by atoms with Crippen molar-refractivity contribution in [3.63, 3.8) is 0 Å². The number of hydrogen-bond donors (Lipinski definition) is 6. The second kappa shape index (κ2) is 22.1. The number of halogens is 1. The second-order valence-electron chi connectivity index (χ2n) is 12.3. The highest BCUT2D eigenvalue weighted by Gasteiger charge is 2.14. The molecule has 0 aliphatic rings. The molecule has 0 amide bonds. The third kappa shape index (κ3) is 14.0. The normalized spacial score (nSPS) is 12.1. The van der Waals surface area contributed by atoms with Crippen LogP contribution in [0.4, 0.5) is 11.4 Å². The Morgan fingerprint density at radius 1 is 0.887 bits per heavy atom. The molecule has 0 bridgehead atoms. The molecule has 2 heterocycles. The predicted octanol–water partition coefficient (Wildman–Crippen LogP) is 6.79. The van der Waals surface area contributed by atoms with Gasteiger partial charge in [-0.2, -0.15) is 8.42 Å². The highest BCUT2D eigenvalue weighted by molar-refractivity contribution is 7.79. The molecule has 15 heteroatoms. The molecule has 3 aromatic carbocycles. The summed E-state index contributed by atoms with van der Waals surface area (Å²) in [5.74, 6) is 0. The van der Waals surface area contributed by atoms with Gasteiger partial charge in [0.25, 0.3) is 0 Å². The first kappa shape index (κ1) is 44.0. The van der Waals surface area contributed by atoms with Crippen molar-refractivity contribution in [2.24, 2.45) is 0 Å². The van der Waals surface area contributed by atoms with Gasteiger partial charge in [-0.3, -0.25) is 18.9 Å². The molecule has 6 N–H and O–H groups in total. The molecule has 0 spiro atoms. The van der Waals surface area contributed by atoms with Gasteiger partial charge in [-0.15, -0.1) is 11.3 Å². The van der Waals surface area contributed by atoms with Crippen LogP contribution in [0, 0.1) is 0 Å². The maximum Gasteiger partial charge on any atom is 0.394 e. The van der Waals surface area contributed by atoms with Crippen molar-refractivity contribution in [2.45, 2.75) is 53.2 Å². The average molecular weight is 790 g/mol. The number of fused-ring (bicyclic) bond motifs is 3. The quantitative estimate of drug-likeness (QED) is 0.0457. The first-order valence-corrected chi connectivity index (χ1v) is 20.3. The number of benzene rings is 3. The lowest BCUT2D eigenvalue weighted by Gasteiger charge is -2.21. The zero-order valence-electron chi connectivity index (χ0n) is 30.8. The van der Waals surface area contributed by atoms with Gasteiger partial charge in [0, 0.05) is 68.4 Å². The molecule has 5 rings (SSSR count).